The van der Waals surface area contributed by atoms with Crippen LogP contribution in [0.3, 0.4) is 0 Å². The lowest BCUT2D eigenvalue weighted by Gasteiger charge is -2.13. The van der Waals surface area contributed by atoms with Gasteiger partial charge in [-0.3, -0.25) is 4.79 Å². The quantitative estimate of drug-likeness (QED) is 0.651. The molecule has 114 valence electrons. The van der Waals surface area contributed by atoms with Crippen LogP contribution < -0.4 is 10.2 Å². The average molecular weight is 365 g/mol. The molecule has 22 heavy (non-hydrogen) atoms. The highest BCUT2D eigenvalue weighted by Gasteiger charge is 2.15. The van der Waals surface area contributed by atoms with Crippen LogP contribution in [0.5, 0.6) is 5.75 Å². The lowest BCUT2D eigenvalue weighted by molar-refractivity contribution is -0.127. The third-order valence-electron chi connectivity index (χ3n) is 2.79. The van der Waals surface area contributed by atoms with Gasteiger partial charge in [0.2, 0.25) is 0 Å². The van der Waals surface area contributed by atoms with Crippen molar-refractivity contribution < 1.29 is 13.9 Å². The van der Waals surface area contributed by atoms with E-state index in [0.717, 1.165) is 4.47 Å². The molecule has 0 spiro atoms. The van der Waals surface area contributed by atoms with Gasteiger partial charge in [-0.1, -0.05) is 30.3 Å². The Morgan fingerprint density at radius 2 is 1.95 bits per heavy atom. The van der Waals surface area contributed by atoms with Crippen molar-refractivity contribution in [2.45, 2.75) is 13.0 Å². The highest BCUT2D eigenvalue weighted by Crippen LogP contribution is 2.24. The van der Waals surface area contributed by atoms with E-state index in [9.17, 15) is 9.18 Å². The zero-order valence-corrected chi connectivity index (χ0v) is 13.4. The molecule has 0 saturated carbocycles. The van der Waals surface area contributed by atoms with Gasteiger partial charge in [-0.05, 0) is 41.1 Å². The van der Waals surface area contributed by atoms with Gasteiger partial charge in [0.15, 0.2) is 6.10 Å². The van der Waals surface area contributed by atoms with Crippen molar-refractivity contribution in [3.05, 3.63) is 64.4 Å². The first-order valence-corrected chi connectivity index (χ1v) is 7.36. The van der Waals surface area contributed by atoms with E-state index in [1.807, 2.05) is 12.1 Å². The second-order valence-corrected chi connectivity index (χ2v) is 5.30. The fourth-order valence-corrected chi connectivity index (χ4v) is 2.00. The molecule has 0 saturated heterocycles. The van der Waals surface area contributed by atoms with Crippen molar-refractivity contribution in [1.29, 1.82) is 0 Å². The molecule has 0 radical (unpaired) electrons. The zero-order valence-electron chi connectivity index (χ0n) is 11.8. The second kappa shape index (κ2) is 7.70. The number of hydrogen-bond donors (Lipinski definition) is 1. The molecule has 0 aliphatic rings. The third-order valence-corrected chi connectivity index (χ3v) is 3.45. The monoisotopic (exact) mass is 364 g/mol. The molecule has 0 unspecified atom stereocenters. The molecule has 0 aliphatic heterocycles. The molecule has 2 rings (SSSR count). The fraction of sp³-hybridized carbons (Fsp3) is 0.125. The summed E-state index contributed by atoms with van der Waals surface area (Å²) in [6, 6.07) is 13.4. The molecule has 0 bridgehead atoms. The Balaban J connectivity index is 1.92. The predicted molar refractivity (Wildman–Crippen MR) is 86.4 cm³/mol. The Labute approximate surface area is 136 Å². The van der Waals surface area contributed by atoms with Crippen molar-refractivity contribution in [2.24, 2.45) is 5.10 Å². The first kappa shape index (κ1) is 16.2. The van der Waals surface area contributed by atoms with E-state index in [1.54, 1.807) is 37.3 Å². The average Bonchev–Trinajstić information content (AvgIpc) is 2.51. The van der Waals surface area contributed by atoms with Crippen LogP contribution in [0.15, 0.2) is 58.1 Å². The number of nitrogens with zero attached hydrogens (tertiary/aromatic N) is 1. The molecule has 0 heterocycles. The van der Waals surface area contributed by atoms with Crippen molar-refractivity contribution in [3.8, 4) is 5.75 Å². The normalized spacial score (nSPS) is 12.1. The Hall–Kier alpha value is -2.21. The van der Waals surface area contributed by atoms with Gasteiger partial charge in [0.05, 0.1) is 10.7 Å². The van der Waals surface area contributed by atoms with E-state index in [1.165, 1.54) is 12.3 Å². The molecular formula is C16H14BrFN2O2. The van der Waals surface area contributed by atoms with Crippen LogP contribution in [0.4, 0.5) is 4.39 Å². The summed E-state index contributed by atoms with van der Waals surface area (Å²) < 4.78 is 19.7. The van der Waals surface area contributed by atoms with Gasteiger partial charge in [0, 0.05) is 5.56 Å². The maximum Gasteiger partial charge on any atom is 0.280 e. The zero-order chi connectivity index (χ0) is 15.9. The summed E-state index contributed by atoms with van der Waals surface area (Å²) in [5.41, 5.74) is 2.62. The highest BCUT2D eigenvalue weighted by atomic mass is 79.9. The van der Waals surface area contributed by atoms with Crippen LogP contribution in [0.25, 0.3) is 0 Å². The fourth-order valence-electron chi connectivity index (χ4n) is 1.62. The van der Waals surface area contributed by atoms with E-state index in [4.69, 9.17) is 4.74 Å². The Kier molecular flexibility index (Phi) is 5.66. The number of halogens is 2. The van der Waals surface area contributed by atoms with Crippen LogP contribution in [0.1, 0.15) is 12.5 Å². The Bertz CT molecular complexity index is 691. The number of amides is 1. The standard InChI is InChI=1S/C16H14BrFN2O2/c1-11(22-15-9-5-3-7-13(15)17)16(21)20-19-10-12-6-2-4-8-14(12)18/h2-11H,1H3,(H,20,21)/b19-10-/t11-/m0/s1. The van der Waals surface area contributed by atoms with Crippen molar-refractivity contribution in [2.75, 3.05) is 0 Å². The second-order valence-electron chi connectivity index (χ2n) is 4.45. The van der Waals surface area contributed by atoms with Crippen LogP contribution >= 0.6 is 15.9 Å². The van der Waals surface area contributed by atoms with Gasteiger partial charge >= 0.3 is 0 Å². The molecule has 2 aromatic rings. The summed E-state index contributed by atoms with van der Waals surface area (Å²) in [5.74, 6) is -0.274. The SMILES string of the molecule is C[C@H](Oc1ccccc1Br)C(=O)N/N=C\c1ccccc1F. The smallest absolute Gasteiger partial charge is 0.280 e. The molecule has 6 heteroatoms. The van der Waals surface area contributed by atoms with Crippen LogP contribution in [0, 0.1) is 5.82 Å². The number of ether oxygens (including phenoxy) is 1. The highest BCUT2D eigenvalue weighted by molar-refractivity contribution is 9.10. The summed E-state index contributed by atoms with van der Waals surface area (Å²) in [7, 11) is 0. The molecule has 4 nitrogen and oxygen atoms in total. The van der Waals surface area contributed by atoms with Crippen molar-refractivity contribution >= 4 is 28.1 Å². The molecule has 1 atom stereocenters. The van der Waals surface area contributed by atoms with Crippen LogP contribution in [-0.4, -0.2) is 18.2 Å². The third kappa shape index (κ3) is 4.39. The Morgan fingerprint density at radius 3 is 2.68 bits per heavy atom. The van der Waals surface area contributed by atoms with Gasteiger partial charge in [-0.25, -0.2) is 9.82 Å². The van der Waals surface area contributed by atoms with Crippen LogP contribution in [0.2, 0.25) is 0 Å². The minimum absolute atomic E-state index is 0.294. The number of para-hydroxylation sites is 1. The van der Waals surface area contributed by atoms with Gasteiger partial charge in [-0.15, -0.1) is 0 Å². The largest absolute Gasteiger partial charge is 0.480 e. The number of benzene rings is 2. The topological polar surface area (TPSA) is 50.7 Å². The summed E-state index contributed by atoms with van der Waals surface area (Å²) >= 11 is 3.34. The van der Waals surface area contributed by atoms with E-state index < -0.39 is 17.8 Å². The minimum Gasteiger partial charge on any atom is -0.480 e. The number of rotatable bonds is 5. The maximum absolute atomic E-state index is 13.4. The molecule has 2 aromatic carbocycles. The number of carbonyl (C=O) groups is 1. The van der Waals surface area contributed by atoms with Gasteiger partial charge in [-0.2, -0.15) is 5.10 Å². The van der Waals surface area contributed by atoms with Crippen molar-refractivity contribution in [1.82, 2.24) is 5.43 Å². The lowest BCUT2D eigenvalue weighted by Crippen LogP contribution is -2.33. The van der Waals surface area contributed by atoms with E-state index in [0.29, 0.717) is 11.3 Å². The molecule has 0 fully saturated rings. The van der Waals surface area contributed by atoms with Gasteiger partial charge in [0.1, 0.15) is 11.6 Å². The number of hydrogen-bond acceptors (Lipinski definition) is 3. The van der Waals surface area contributed by atoms with Gasteiger partial charge < -0.3 is 4.74 Å². The summed E-state index contributed by atoms with van der Waals surface area (Å²) in [4.78, 5) is 11.9. The number of nitrogens with one attached hydrogen (secondary N) is 1. The number of carbonyl (C=O) groups excluding carboxylic acids is 1. The predicted octanol–water partition coefficient (Wildman–Crippen LogP) is 3.51. The first-order valence-electron chi connectivity index (χ1n) is 6.56. The maximum atomic E-state index is 13.4. The molecule has 0 aliphatic carbocycles. The summed E-state index contributed by atoms with van der Waals surface area (Å²) in [6.45, 7) is 1.60. The Morgan fingerprint density at radius 1 is 1.27 bits per heavy atom. The van der Waals surface area contributed by atoms with E-state index in [2.05, 4.69) is 26.5 Å². The summed E-state index contributed by atoms with van der Waals surface area (Å²) in [5, 5.41) is 3.73. The van der Waals surface area contributed by atoms with E-state index in [-0.39, 0.29) is 0 Å². The van der Waals surface area contributed by atoms with Crippen molar-refractivity contribution in [3.63, 3.8) is 0 Å². The molecular weight excluding hydrogens is 351 g/mol. The molecule has 1 amide bonds. The van der Waals surface area contributed by atoms with Gasteiger partial charge in [0.25, 0.3) is 5.91 Å². The minimum atomic E-state index is -0.739. The van der Waals surface area contributed by atoms with Crippen LogP contribution in [-0.2, 0) is 4.79 Å². The number of hydrazone groups is 1. The first-order chi connectivity index (χ1) is 10.6. The molecule has 1 N–H and O–H groups in total. The summed E-state index contributed by atoms with van der Waals surface area (Å²) in [6.07, 6.45) is 0.509. The lowest BCUT2D eigenvalue weighted by atomic mass is 10.2. The molecule has 0 aromatic heterocycles. The van der Waals surface area contributed by atoms with E-state index >= 15 is 0 Å².